The summed E-state index contributed by atoms with van der Waals surface area (Å²) in [4.78, 5) is 25.8. The summed E-state index contributed by atoms with van der Waals surface area (Å²) in [5.74, 6) is -4.08. The molecule has 8 N–H and O–H groups in total. The van der Waals surface area contributed by atoms with Crippen LogP contribution in [-0.4, -0.2) is 84.1 Å². The summed E-state index contributed by atoms with van der Waals surface area (Å²) >= 11 is 0. The fourth-order valence-corrected chi connectivity index (χ4v) is 4.46. The van der Waals surface area contributed by atoms with E-state index in [2.05, 4.69) is 0 Å². The van der Waals surface area contributed by atoms with Gasteiger partial charge in [0, 0.05) is 23.8 Å². The van der Waals surface area contributed by atoms with Crippen LogP contribution in [0.3, 0.4) is 0 Å². The summed E-state index contributed by atoms with van der Waals surface area (Å²) in [6.45, 7) is -0.616. The van der Waals surface area contributed by atoms with Crippen LogP contribution < -0.4 is 10.2 Å². The highest BCUT2D eigenvalue weighted by atomic mass is 16.7. The predicted octanol–water partition coefficient (Wildman–Crippen LogP) is 1.43. The van der Waals surface area contributed by atoms with Crippen LogP contribution in [0.5, 0.6) is 34.5 Å². The summed E-state index contributed by atoms with van der Waals surface area (Å²) in [6, 6.07) is 11.2. The Morgan fingerprint density at radius 1 is 0.818 bits per heavy atom. The van der Waals surface area contributed by atoms with Gasteiger partial charge < -0.3 is 59.5 Å². The van der Waals surface area contributed by atoms with Gasteiger partial charge in [0.05, 0.1) is 0 Å². The Balaban J connectivity index is 1.43. The number of fused-ring (bicyclic) bond motifs is 1. The first-order valence-electron chi connectivity index (χ1n) is 13.0. The first-order valence-corrected chi connectivity index (χ1v) is 13.0. The molecule has 1 aromatic heterocycles. The number of aliphatic hydroxyl groups excluding tert-OH is 3. The second-order valence-electron chi connectivity index (χ2n) is 9.82. The van der Waals surface area contributed by atoms with Gasteiger partial charge in [-0.05, 0) is 42.0 Å². The Kier molecular flexibility index (Phi) is 8.33. The quantitative estimate of drug-likeness (QED) is 0.0840. The minimum Gasteiger partial charge on any atom is -0.508 e. The molecule has 1 fully saturated rings. The number of carbonyl (C=O) groups excluding carboxylic acids is 1. The van der Waals surface area contributed by atoms with E-state index in [0.29, 0.717) is 5.56 Å². The molecule has 5 atom stereocenters. The molecule has 0 spiro atoms. The lowest BCUT2D eigenvalue weighted by Gasteiger charge is -2.39. The summed E-state index contributed by atoms with van der Waals surface area (Å²) in [6.07, 6.45) is -6.45. The number of hydrogen-bond donors (Lipinski definition) is 8. The van der Waals surface area contributed by atoms with Crippen molar-refractivity contribution < 1.29 is 64.3 Å². The van der Waals surface area contributed by atoms with Gasteiger partial charge in [-0.2, -0.15) is 0 Å². The number of phenols is 5. The van der Waals surface area contributed by atoms with Crippen LogP contribution in [0, 0.1) is 0 Å². The van der Waals surface area contributed by atoms with Crippen LogP contribution in [0.1, 0.15) is 5.56 Å². The molecule has 5 rings (SSSR count). The van der Waals surface area contributed by atoms with Gasteiger partial charge in [0.1, 0.15) is 59.2 Å². The molecule has 44 heavy (non-hydrogen) atoms. The molecule has 0 saturated carbocycles. The molecule has 1 saturated heterocycles. The Labute approximate surface area is 247 Å². The number of aromatic hydroxyl groups is 5. The number of rotatable bonds is 7. The van der Waals surface area contributed by atoms with Crippen molar-refractivity contribution in [3.05, 3.63) is 76.5 Å². The van der Waals surface area contributed by atoms with Gasteiger partial charge in [-0.15, -0.1) is 0 Å². The highest BCUT2D eigenvalue weighted by Crippen LogP contribution is 2.39. The van der Waals surface area contributed by atoms with Gasteiger partial charge in [-0.3, -0.25) is 4.79 Å². The number of carbonyl (C=O) groups is 1. The average molecular weight is 611 g/mol. The molecule has 14 heteroatoms. The maximum absolute atomic E-state index is 13.6. The zero-order valence-corrected chi connectivity index (χ0v) is 22.5. The number of aliphatic hydroxyl groups is 3. The van der Waals surface area contributed by atoms with E-state index in [1.54, 1.807) is 12.1 Å². The molecule has 230 valence electrons. The summed E-state index contributed by atoms with van der Waals surface area (Å²) < 4.78 is 22.1. The van der Waals surface area contributed by atoms with E-state index >= 15 is 0 Å². The molecule has 0 radical (unpaired) electrons. The molecule has 0 unspecified atom stereocenters. The molecule has 0 aliphatic carbocycles. The fourth-order valence-electron chi connectivity index (χ4n) is 4.46. The highest BCUT2D eigenvalue weighted by molar-refractivity contribution is 5.88. The Morgan fingerprint density at radius 3 is 2.25 bits per heavy atom. The molecule has 4 aromatic rings. The minimum atomic E-state index is -1.95. The Bertz CT molecular complexity index is 1780. The Hall–Kier alpha value is -5.28. The standard InChI is InChI=1S/C30H26O14/c31-15-5-1-13(2-6-15)3-8-22(36)41-12-21-24(37)26(39)27(40)30(43-21)44-29-25(38)23-19(35)10-16(32)11-20(23)42-28(29)14-4-7-17(33)18(34)9-14/h1-11,21,24,26-27,30-35,37,39-40H,12H2/b8-3+/t21-,24-,26-,27-,30+/m1/s1. The van der Waals surface area contributed by atoms with Gasteiger partial charge in [-0.25, -0.2) is 4.79 Å². The van der Waals surface area contributed by atoms with Crippen molar-refractivity contribution in [2.45, 2.75) is 30.7 Å². The maximum atomic E-state index is 13.6. The van der Waals surface area contributed by atoms with E-state index in [-0.39, 0.29) is 22.7 Å². The van der Waals surface area contributed by atoms with Crippen molar-refractivity contribution >= 4 is 23.0 Å². The zero-order chi connectivity index (χ0) is 31.7. The van der Waals surface area contributed by atoms with Crippen molar-refractivity contribution in [1.82, 2.24) is 0 Å². The number of hydrogen-bond acceptors (Lipinski definition) is 14. The lowest BCUT2D eigenvalue weighted by molar-refractivity contribution is -0.278. The fraction of sp³-hybridized carbons (Fsp3) is 0.200. The zero-order valence-electron chi connectivity index (χ0n) is 22.5. The third kappa shape index (κ3) is 6.09. The van der Waals surface area contributed by atoms with Crippen molar-refractivity contribution in [3.63, 3.8) is 0 Å². The van der Waals surface area contributed by atoms with Gasteiger partial charge in [0.25, 0.3) is 0 Å². The summed E-state index contributed by atoms with van der Waals surface area (Å²) in [5, 5.41) is 80.6. The van der Waals surface area contributed by atoms with Crippen molar-refractivity contribution in [1.29, 1.82) is 0 Å². The van der Waals surface area contributed by atoms with Crippen LogP contribution in [0.4, 0.5) is 0 Å². The number of ether oxygens (including phenoxy) is 3. The molecule has 1 aliphatic heterocycles. The SMILES string of the molecule is O=C(/C=C/c1ccc(O)cc1)OC[C@H]1O[C@@H](Oc2c(-c3ccc(O)c(O)c3)oc3cc(O)cc(O)c3c2=O)[C@H](O)[C@H](O)[C@@H]1O. The molecule has 0 amide bonds. The normalized spacial score (nSPS) is 21.8. The van der Waals surface area contributed by atoms with Crippen molar-refractivity contribution in [2.24, 2.45) is 0 Å². The van der Waals surface area contributed by atoms with Crippen molar-refractivity contribution in [2.75, 3.05) is 6.61 Å². The van der Waals surface area contributed by atoms with Gasteiger partial charge in [0.2, 0.25) is 17.5 Å². The number of benzene rings is 3. The first kappa shape index (κ1) is 30.2. The van der Waals surface area contributed by atoms with E-state index < -0.39 is 82.8 Å². The largest absolute Gasteiger partial charge is 0.508 e. The topological polar surface area (TPSA) is 237 Å². The van der Waals surface area contributed by atoms with Crippen molar-refractivity contribution in [3.8, 4) is 45.8 Å². The second-order valence-corrected chi connectivity index (χ2v) is 9.82. The molecule has 3 aromatic carbocycles. The molecule has 1 aliphatic rings. The third-order valence-corrected chi connectivity index (χ3v) is 6.75. The number of phenolic OH excluding ortho intramolecular Hbond substituents is 5. The van der Waals surface area contributed by atoms with Crippen LogP contribution >= 0.6 is 0 Å². The molecular weight excluding hydrogens is 584 g/mol. The van der Waals surface area contributed by atoms with E-state index in [4.69, 9.17) is 18.6 Å². The number of esters is 1. The van der Waals surface area contributed by atoms with E-state index in [0.717, 1.165) is 30.3 Å². The van der Waals surface area contributed by atoms with E-state index in [1.807, 2.05) is 0 Å². The highest BCUT2D eigenvalue weighted by Gasteiger charge is 2.46. The monoisotopic (exact) mass is 610 g/mol. The summed E-state index contributed by atoms with van der Waals surface area (Å²) in [7, 11) is 0. The minimum absolute atomic E-state index is 0.0195. The average Bonchev–Trinajstić information content (AvgIpc) is 2.98. The second kappa shape index (κ2) is 12.1. The smallest absolute Gasteiger partial charge is 0.330 e. The van der Waals surface area contributed by atoms with Crippen LogP contribution in [0.15, 0.2) is 69.9 Å². The molecule has 2 heterocycles. The van der Waals surface area contributed by atoms with Crippen LogP contribution in [0.25, 0.3) is 28.4 Å². The first-order chi connectivity index (χ1) is 20.9. The molecular formula is C30H26O14. The lowest BCUT2D eigenvalue weighted by Crippen LogP contribution is -2.60. The summed E-state index contributed by atoms with van der Waals surface area (Å²) in [5.41, 5.74) is -0.735. The van der Waals surface area contributed by atoms with Gasteiger partial charge in [-0.1, -0.05) is 12.1 Å². The lowest BCUT2D eigenvalue weighted by atomic mass is 9.99. The molecule has 14 nitrogen and oxygen atoms in total. The van der Waals surface area contributed by atoms with Gasteiger partial charge >= 0.3 is 5.97 Å². The van der Waals surface area contributed by atoms with Crippen LogP contribution in [-0.2, 0) is 14.3 Å². The van der Waals surface area contributed by atoms with Crippen LogP contribution in [0.2, 0.25) is 0 Å². The maximum Gasteiger partial charge on any atom is 0.330 e. The Morgan fingerprint density at radius 2 is 1.55 bits per heavy atom. The molecule has 0 bridgehead atoms. The predicted molar refractivity (Wildman–Crippen MR) is 150 cm³/mol. The van der Waals surface area contributed by atoms with Gasteiger partial charge in [0.15, 0.2) is 17.3 Å². The van der Waals surface area contributed by atoms with E-state index in [9.17, 15) is 50.4 Å². The third-order valence-electron chi connectivity index (χ3n) is 6.75. The van der Waals surface area contributed by atoms with E-state index in [1.165, 1.54) is 24.3 Å².